The Balaban J connectivity index is 2.56. The fraction of sp³-hybridized carbons (Fsp3) is 0.455. The first-order chi connectivity index (χ1) is 6.77. The van der Waals surface area contributed by atoms with Crippen molar-refractivity contribution in [3.63, 3.8) is 0 Å². The van der Waals surface area contributed by atoms with Crippen LogP contribution in [0.4, 0.5) is 0 Å². The van der Waals surface area contributed by atoms with E-state index in [1.807, 2.05) is 32.0 Å². The minimum Gasteiger partial charge on any atom is -0.258 e. The molecular formula is C11H16N2O. The lowest BCUT2D eigenvalue weighted by Gasteiger charge is -2.21. The van der Waals surface area contributed by atoms with E-state index in [4.69, 9.17) is 0 Å². The quantitative estimate of drug-likeness (QED) is 0.530. The summed E-state index contributed by atoms with van der Waals surface area (Å²) >= 11 is 0. The second kappa shape index (κ2) is 5.37. The first-order valence-electron chi connectivity index (χ1n) is 4.91. The van der Waals surface area contributed by atoms with E-state index in [9.17, 15) is 4.91 Å². The van der Waals surface area contributed by atoms with Gasteiger partial charge in [0.2, 0.25) is 0 Å². The zero-order valence-electron chi connectivity index (χ0n) is 8.68. The van der Waals surface area contributed by atoms with Gasteiger partial charge in [-0.15, -0.1) is 4.91 Å². The van der Waals surface area contributed by atoms with Crippen molar-refractivity contribution in [2.75, 3.05) is 6.54 Å². The highest BCUT2D eigenvalue weighted by Gasteiger charge is 2.10. The molecule has 1 atom stereocenters. The number of nitroso groups, excluding NO2 is 1. The van der Waals surface area contributed by atoms with Crippen LogP contribution in [0.25, 0.3) is 0 Å². The summed E-state index contributed by atoms with van der Waals surface area (Å²) in [6.45, 7) is 4.61. The molecule has 0 fully saturated rings. The zero-order valence-corrected chi connectivity index (χ0v) is 8.68. The minimum absolute atomic E-state index is 0.167. The van der Waals surface area contributed by atoms with Gasteiger partial charge in [-0.3, -0.25) is 5.01 Å². The summed E-state index contributed by atoms with van der Waals surface area (Å²) in [5.41, 5.74) is 1.24. The molecule has 0 radical (unpaired) electrons. The molecule has 76 valence electrons. The number of rotatable bonds is 5. The monoisotopic (exact) mass is 192 g/mol. The number of benzene rings is 1. The minimum atomic E-state index is 0.167. The number of hydrogen-bond acceptors (Lipinski definition) is 2. The Hall–Kier alpha value is -1.38. The van der Waals surface area contributed by atoms with Crippen LogP contribution in [0.1, 0.15) is 19.4 Å². The maximum atomic E-state index is 10.4. The second-order valence-corrected chi connectivity index (χ2v) is 3.38. The molecule has 3 nitrogen and oxygen atoms in total. The van der Waals surface area contributed by atoms with E-state index in [1.54, 1.807) is 5.01 Å². The average molecular weight is 192 g/mol. The fourth-order valence-corrected chi connectivity index (χ4v) is 1.51. The van der Waals surface area contributed by atoms with Crippen LogP contribution < -0.4 is 0 Å². The van der Waals surface area contributed by atoms with Crippen molar-refractivity contribution in [1.29, 1.82) is 0 Å². The Kier molecular flexibility index (Phi) is 4.11. The molecule has 1 rings (SSSR count). The van der Waals surface area contributed by atoms with Crippen molar-refractivity contribution >= 4 is 0 Å². The summed E-state index contributed by atoms with van der Waals surface area (Å²) in [4.78, 5) is 10.4. The van der Waals surface area contributed by atoms with Crippen molar-refractivity contribution < 1.29 is 0 Å². The average Bonchev–Trinajstić information content (AvgIpc) is 2.21. The van der Waals surface area contributed by atoms with E-state index in [0.717, 1.165) is 6.42 Å². The van der Waals surface area contributed by atoms with Crippen LogP contribution in [0.5, 0.6) is 0 Å². The van der Waals surface area contributed by atoms with Crippen LogP contribution in [0, 0.1) is 4.91 Å². The molecule has 0 saturated heterocycles. The summed E-state index contributed by atoms with van der Waals surface area (Å²) in [7, 11) is 0. The van der Waals surface area contributed by atoms with Crippen LogP contribution >= 0.6 is 0 Å². The van der Waals surface area contributed by atoms with Gasteiger partial charge in [0.15, 0.2) is 0 Å². The van der Waals surface area contributed by atoms with E-state index in [1.165, 1.54) is 5.56 Å². The van der Waals surface area contributed by atoms with E-state index >= 15 is 0 Å². The highest BCUT2D eigenvalue weighted by molar-refractivity contribution is 5.15. The molecule has 1 aromatic rings. The first kappa shape index (κ1) is 10.7. The topological polar surface area (TPSA) is 32.7 Å². The molecule has 0 spiro atoms. The standard InChI is InChI=1S/C11H16N2O/c1-3-13(12-14)10(2)9-11-7-5-4-6-8-11/h4-8,10H,3,9H2,1-2H3. The highest BCUT2D eigenvalue weighted by Crippen LogP contribution is 2.08. The number of likely N-dealkylation sites (N-methyl/N-ethyl adjacent to an activating group) is 1. The maximum Gasteiger partial charge on any atom is 0.0526 e. The van der Waals surface area contributed by atoms with Crippen LogP contribution in [-0.4, -0.2) is 17.6 Å². The van der Waals surface area contributed by atoms with Crippen molar-refractivity contribution in [2.24, 2.45) is 5.29 Å². The Morgan fingerprint density at radius 2 is 2.00 bits per heavy atom. The normalized spacial score (nSPS) is 12.1. The third-order valence-corrected chi connectivity index (χ3v) is 2.31. The van der Waals surface area contributed by atoms with E-state index < -0.39 is 0 Å². The molecule has 0 heterocycles. The lowest BCUT2D eigenvalue weighted by molar-refractivity contribution is 0.225. The first-order valence-corrected chi connectivity index (χ1v) is 4.91. The van der Waals surface area contributed by atoms with Crippen molar-refractivity contribution in [3.05, 3.63) is 40.8 Å². The van der Waals surface area contributed by atoms with E-state index in [0.29, 0.717) is 6.54 Å². The molecule has 0 aromatic heterocycles. The molecule has 0 aliphatic carbocycles. The van der Waals surface area contributed by atoms with Gasteiger partial charge in [0, 0.05) is 6.54 Å². The summed E-state index contributed by atoms with van der Waals surface area (Å²) < 4.78 is 0. The molecule has 0 amide bonds. The maximum absolute atomic E-state index is 10.4. The van der Waals surface area contributed by atoms with Crippen LogP contribution in [0.15, 0.2) is 35.6 Å². The number of nitrogens with zero attached hydrogens (tertiary/aromatic N) is 2. The molecule has 3 heteroatoms. The van der Waals surface area contributed by atoms with Gasteiger partial charge in [0.25, 0.3) is 0 Å². The van der Waals surface area contributed by atoms with Gasteiger partial charge < -0.3 is 0 Å². The van der Waals surface area contributed by atoms with Gasteiger partial charge in [-0.05, 0) is 25.8 Å². The molecule has 1 aromatic carbocycles. The van der Waals surface area contributed by atoms with Gasteiger partial charge in [0.1, 0.15) is 0 Å². The van der Waals surface area contributed by atoms with Crippen molar-refractivity contribution in [2.45, 2.75) is 26.3 Å². The predicted octanol–water partition coefficient (Wildman–Crippen LogP) is 2.62. The molecule has 0 aliphatic rings. The Labute approximate surface area is 84.7 Å². The third-order valence-electron chi connectivity index (χ3n) is 2.31. The van der Waals surface area contributed by atoms with Crippen molar-refractivity contribution in [3.8, 4) is 0 Å². The van der Waals surface area contributed by atoms with Crippen LogP contribution in [0.3, 0.4) is 0 Å². The molecule has 0 aliphatic heterocycles. The molecule has 0 bridgehead atoms. The summed E-state index contributed by atoms with van der Waals surface area (Å²) in [5.74, 6) is 0. The largest absolute Gasteiger partial charge is 0.258 e. The molecule has 0 N–H and O–H groups in total. The van der Waals surface area contributed by atoms with Gasteiger partial charge in [-0.2, -0.15) is 0 Å². The van der Waals surface area contributed by atoms with E-state index in [-0.39, 0.29) is 6.04 Å². The van der Waals surface area contributed by atoms with Gasteiger partial charge >= 0.3 is 0 Å². The second-order valence-electron chi connectivity index (χ2n) is 3.38. The lowest BCUT2D eigenvalue weighted by atomic mass is 10.1. The van der Waals surface area contributed by atoms with Gasteiger partial charge in [-0.25, -0.2) is 0 Å². The number of hydrogen-bond donors (Lipinski definition) is 0. The zero-order chi connectivity index (χ0) is 10.4. The Bertz CT molecular complexity index is 274. The van der Waals surface area contributed by atoms with Crippen molar-refractivity contribution in [1.82, 2.24) is 5.01 Å². The Morgan fingerprint density at radius 1 is 1.36 bits per heavy atom. The highest BCUT2D eigenvalue weighted by atomic mass is 16.3. The Morgan fingerprint density at radius 3 is 2.50 bits per heavy atom. The van der Waals surface area contributed by atoms with Crippen LogP contribution in [0.2, 0.25) is 0 Å². The molecule has 0 saturated carbocycles. The molecule has 1 unspecified atom stereocenters. The summed E-state index contributed by atoms with van der Waals surface area (Å²) in [6.07, 6.45) is 0.862. The summed E-state index contributed by atoms with van der Waals surface area (Å²) in [5, 5.41) is 4.55. The smallest absolute Gasteiger partial charge is 0.0526 e. The fourth-order valence-electron chi connectivity index (χ4n) is 1.51. The summed E-state index contributed by atoms with van der Waals surface area (Å²) in [6, 6.07) is 10.3. The van der Waals surface area contributed by atoms with Crippen LogP contribution in [-0.2, 0) is 6.42 Å². The molecular weight excluding hydrogens is 176 g/mol. The predicted molar refractivity (Wildman–Crippen MR) is 57.8 cm³/mol. The van der Waals surface area contributed by atoms with E-state index in [2.05, 4.69) is 17.4 Å². The SMILES string of the molecule is CCN(N=O)C(C)Cc1ccccc1. The lowest BCUT2D eigenvalue weighted by Crippen LogP contribution is -2.29. The van der Waals surface area contributed by atoms with Gasteiger partial charge in [0.05, 0.1) is 11.3 Å². The molecule has 14 heavy (non-hydrogen) atoms. The third kappa shape index (κ3) is 2.83. The van der Waals surface area contributed by atoms with Gasteiger partial charge in [-0.1, -0.05) is 30.3 Å².